The van der Waals surface area contributed by atoms with E-state index in [1.807, 2.05) is 14.1 Å². The minimum Gasteiger partial charge on any atom is -0.363 e. The van der Waals surface area contributed by atoms with Crippen molar-refractivity contribution in [3.8, 4) is 0 Å². The molecule has 1 unspecified atom stereocenters. The number of piperidine rings is 1. The van der Waals surface area contributed by atoms with E-state index < -0.39 is 0 Å². The van der Waals surface area contributed by atoms with Gasteiger partial charge in [0.05, 0.1) is 0 Å². The summed E-state index contributed by atoms with van der Waals surface area (Å²) in [4.78, 5) is 9.20. The summed E-state index contributed by atoms with van der Waals surface area (Å²) in [6, 6.07) is 4.95. The molecule has 1 aliphatic heterocycles. The fourth-order valence-corrected chi connectivity index (χ4v) is 2.63. The SMILES string of the molecule is Cc1nc(N(C)C)ccc1C1CCCCN1C. The van der Waals surface area contributed by atoms with Gasteiger partial charge in [-0.2, -0.15) is 0 Å². The van der Waals surface area contributed by atoms with Gasteiger partial charge in [0.15, 0.2) is 0 Å². The fourth-order valence-electron chi connectivity index (χ4n) is 2.63. The van der Waals surface area contributed by atoms with E-state index in [9.17, 15) is 0 Å². The molecule has 0 N–H and O–H groups in total. The molecule has 1 saturated heterocycles. The van der Waals surface area contributed by atoms with E-state index in [0.717, 1.165) is 5.82 Å². The molecule has 17 heavy (non-hydrogen) atoms. The maximum atomic E-state index is 4.68. The summed E-state index contributed by atoms with van der Waals surface area (Å²) in [5.41, 5.74) is 2.58. The highest BCUT2D eigenvalue weighted by molar-refractivity contribution is 5.41. The van der Waals surface area contributed by atoms with E-state index >= 15 is 0 Å². The molecule has 1 aliphatic rings. The molecule has 94 valence electrons. The van der Waals surface area contributed by atoms with E-state index in [-0.39, 0.29) is 0 Å². The third kappa shape index (κ3) is 2.60. The highest BCUT2D eigenvalue weighted by Crippen LogP contribution is 2.31. The summed E-state index contributed by atoms with van der Waals surface area (Å²) in [5, 5.41) is 0. The Morgan fingerprint density at radius 1 is 1.29 bits per heavy atom. The van der Waals surface area contributed by atoms with Gasteiger partial charge in [0.25, 0.3) is 0 Å². The van der Waals surface area contributed by atoms with Crippen LogP contribution in [0.25, 0.3) is 0 Å². The predicted octanol–water partition coefficient (Wildman–Crippen LogP) is 2.61. The molecule has 1 fully saturated rings. The van der Waals surface area contributed by atoms with Crippen molar-refractivity contribution in [2.75, 3.05) is 32.6 Å². The predicted molar refractivity (Wildman–Crippen MR) is 72.5 cm³/mol. The summed E-state index contributed by atoms with van der Waals surface area (Å²) in [6.45, 7) is 3.34. The topological polar surface area (TPSA) is 19.4 Å². The van der Waals surface area contributed by atoms with Crippen molar-refractivity contribution in [1.82, 2.24) is 9.88 Å². The first-order valence-corrected chi connectivity index (χ1v) is 6.44. The average molecular weight is 233 g/mol. The van der Waals surface area contributed by atoms with Crippen molar-refractivity contribution < 1.29 is 0 Å². The molecule has 0 amide bonds. The molecule has 1 aromatic heterocycles. The Labute approximate surface area is 104 Å². The second kappa shape index (κ2) is 5.05. The molecule has 0 bridgehead atoms. The van der Waals surface area contributed by atoms with Crippen molar-refractivity contribution in [3.63, 3.8) is 0 Å². The van der Waals surface area contributed by atoms with Crippen LogP contribution in [-0.4, -0.2) is 37.6 Å². The van der Waals surface area contributed by atoms with Crippen LogP contribution < -0.4 is 4.90 Å². The molecule has 2 heterocycles. The normalized spacial score (nSPS) is 21.5. The second-order valence-electron chi connectivity index (χ2n) is 5.23. The Morgan fingerprint density at radius 2 is 2.06 bits per heavy atom. The van der Waals surface area contributed by atoms with Gasteiger partial charge < -0.3 is 4.90 Å². The summed E-state index contributed by atoms with van der Waals surface area (Å²) in [5.74, 6) is 1.05. The molecule has 0 radical (unpaired) electrons. The van der Waals surface area contributed by atoms with Gasteiger partial charge in [-0.05, 0) is 45.0 Å². The smallest absolute Gasteiger partial charge is 0.128 e. The number of aromatic nitrogens is 1. The van der Waals surface area contributed by atoms with Crippen LogP contribution in [0.5, 0.6) is 0 Å². The van der Waals surface area contributed by atoms with Crippen LogP contribution in [0.4, 0.5) is 5.82 Å². The Bertz CT molecular complexity index is 387. The van der Waals surface area contributed by atoms with Gasteiger partial charge in [-0.15, -0.1) is 0 Å². The highest BCUT2D eigenvalue weighted by atomic mass is 15.1. The fraction of sp³-hybridized carbons (Fsp3) is 0.643. The third-order valence-electron chi connectivity index (χ3n) is 3.70. The monoisotopic (exact) mass is 233 g/mol. The lowest BCUT2D eigenvalue weighted by molar-refractivity contribution is 0.186. The molecule has 2 rings (SSSR count). The summed E-state index contributed by atoms with van der Waals surface area (Å²) >= 11 is 0. The molecular formula is C14H23N3. The van der Waals surface area contributed by atoms with Crippen molar-refractivity contribution in [1.29, 1.82) is 0 Å². The number of rotatable bonds is 2. The zero-order valence-electron chi connectivity index (χ0n) is 11.4. The van der Waals surface area contributed by atoms with Gasteiger partial charge in [0.2, 0.25) is 0 Å². The Hall–Kier alpha value is -1.09. The molecule has 0 spiro atoms. The maximum Gasteiger partial charge on any atom is 0.128 e. The number of nitrogens with zero attached hydrogens (tertiary/aromatic N) is 3. The van der Waals surface area contributed by atoms with Crippen molar-refractivity contribution in [3.05, 3.63) is 23.4 Å². The molecule has 1 atom stereocenters. The van der Waals surface area contributed by atoms with Gasteiger partial charge in [-0.1, -0.05) is 12.5 Å². The lowest BCUT2D eigenvalue weighted by atomic mass is 9.95. The van der Waals surface area contributed by atoms with Crippen LogP contribution in [0.15, 0.2) is 12.1 Å². The van der Waals surface area contributed by atoms with Crippen LogP contribution >= 0.6 is 0 Å². The van der Waals surface area contributed by atoms with Crippen molar-refractivity contribution >= 4 is 5.82 Å². The molecule has 3 nitrogen and oxygen atoms in total. The number of aryl methyl sites for hydroxylation is 1. The van der Waals surface area contributed by atoms with Crippen LogP contribution in [0.3, 0.4) is 0 Å². The van der Waals surface area contributed by atoms with E-state index in [1.54, 1.807) is 0 Å². The van der Waals surface area contributed by atoms with Gasteiger partial charge in [0, 0.05) is 25.8 Å². The van der Waals surface area contributed by atoms with Crippen LogP contribution in [0, 0.1) is 6.92 Å². The summed E-state index contributed by atoms with van der Waals surface area (Å²) < 4.78 is 0. The minimum atomic E-state index is 0.562. The lowest BCUT2D eigenvalue weighted by Gasteiger charge is -2.33. The zero-order valence-corrected chi connectivity index (χ0v) is 11.4. The van der Waals surface area contributed by atoms with Crippen LogP contribution in [0.2, 0.25) is 0 Å². The number of anilines is 1. The van der Waals surface area contributed by atoms with E-state index in [0.29, 0.717) is 6.04 Å². The van der Waals surface area contributed by atoms with Gasteiger partial charge in [0.1, 0.15) is 5.82 Å². The lowest BCUT2D eigenvalue weighted by Crippen LogP contribution is -2.30. The number of hydrogen-bond donors (Lipinski definition) is 0. The molecular weight excluding hydrogens is 210 g/mol. The molecule has 0 saturated carbocycles. The van der Waals surface area contributed by atoms with E-state index in [4.69, 9.17) is 0 Å². The first-order valence-electron chi connectivity index (χ1n) is 6.44. The minimum absolute atomic E-state index is 0.562. The summed E-state index contributed by atoms with van der Waals surface area (Å²) in [6.07, 6.45) is 3.93. The Morgan fingerprint density at radius 3 is 2.65 bits per heavy atom. The number of hydrogen-bond acceptors (Lipinski definition) is 3. The second-order valence-corrected chi connectivity index (χ2v) is 5.23. The first-order chi connectivity index (χ1) is 8.09. The average Bonchev–Trinajstić information content (AvgIpc) is 2.30. The van der Waals surface area contributed by atoms with Gasteiger partial charge >= 0.3 is 0 Å². The standard InChI is InChI=1S/C14H23N3/c1-11-12(8-9-14(15-11)16(2)3)13-7-5-6-10-17(13)4/h8-9,13H,5-7,10H2,1-4H3. The van der Waals surface area contributed by atoms with Gasteiger partial charge in [-0.3, -0.25) is 4.90 Å². The van der Waals surface area contributed by atoms with Crippen LogP contribution in [0.1, 0.15) is 36.6 Å². The quantitative estimate of drug-likeness (QED) is 0.783. The zero-order chi connectivity index (χ0) is 12.4. The van der Waals surface area contributed by atoms with E-state index in [2.05, 4.69) is 40.9 Å². The molecule has 0 aliphatic carbocycles. The third-order valence-corrected chi connectivity index (χ3v) is 3.70. The van der Waals surface area contributed by atoms with Crippen LogP contribution in [-0.2, 0) is 0 Å². The summed E-state index contributed by atoms with van der Waals surface area (Å²) in [7, 11) is 6.30. The number of pyridine rings is 1. The molecule has 3 heteroatoms. The van der Waals surface area contributed by atoms with E-state index in [1.165, 1.54) is 37.1 Å². The van der Waals surface area contributed by atoms with Crippen molar-refractivity contribution in [2.24, 2.45) is 0 Å². The van der Waals surface area contributed by atoms with Gasteiger partial charge in [-0.25, -0.2) is 4.98 Å². The molecule has 0 aromatic carbocycles. The Balaban J connectivity index is 2.26. The van der Waals surface area contributed by atoms with Crippen molar-refractivity contribution in [2.45, 2.75) is 32.2 Å². The molecule has 1 aromatic rings. The maximum absolute atomic E-state index is 4.68. The largest absolute Gasteiger partial charge is 0.363 e. The Kier molecular flexibility index (Phi) is 3.67. The first kappa shape index (κ1) is 12.4. The number of likely N-dealkylation sites (tertiary alicyclic amines) is 1. The highest BCUT2D eigenvalue weighted by Gasteiger charge is 2.22.